The third-order valence-corrected chi connectivity index (χ3v) is 3.84. The van der Waals surface area contributed by atoms with Crippen molar-refractivity contribution in [1.82, 2.24) is 10.1 Å². The molecule has 1 heterocycles. The van der Waals surface area contributed by atoms with E-state index in [0.29, 0.717) is 29.4 Å². The summed E-state index contributed by atoms with van der Waals surface area (Å²) >= 11 is 0. The summed E-state index contributed by atoms with van der Waals surface area (Å²) in [6, 6.07) is 11.5. The lowest BCUT2D eigenvalue weighted by Gasteiger charge is -2.07. The second-order valence-electron chi connectivity index (χ2n) is 5.75. The fourth-order valence-electron chi connectivity index (χ4n) is 2.41. The van der Waals surface area contributed by atoms with Crippen molar-refractivity contribution in [2.45, 2.75) is 19.8 Å². The lowest BCUT2D eigenvalue weighted by Crippen LogP contribution is -2.13. The third kappa shape index (κ3) is 4.24. The van der Waals surface area contributed by atoms with Gasteiger partial charge < -0.3 is 14.6 Å². The first-order valence-electron chi connectivity index (χ1n) is 8.08. The first-order valence-corrected chi connectivity index (χ1v) is 8.08. The standard InChI is InChI=1S/C19H18FN3O3/c1-12-11-14(20)5-8-16(12)21-17(24)9-10-18-22-19(23-26-18)13-3-6-15(25-2)7-4-13/h3-8,11H,9-10H2,1-2H3,(H,21,24). The van der Waals surface area contributed by atoms with Crippen LogP contribution in [0.5, 0.6) is 5.75 Å². The fraction of sp³-hybridized carbons (Fsp3) is 0.211. The quantitative estimate of drug-likeness (QED) is 0.728. The third-order valence-electron chi connectivity index (χ3n) is 3.84. The second-order valence-corrected chi connectivity index (χ2v) is 5.75. The van der Waals surface area contributed by atoms with Gasteiger partial charge in [-0.15, -0.1) is 0 Å². The highest BCUT2D eigenvalue weighted by Crippen LogP contribution is 2.20. The average molecular weight is 355 g/mol. The van der Waals surface area contributed by atoms with E-state index in [1.54, 1.807) is 14.0 Å². The minimum absolute atomic E-state index is 0.182. The van der Waals surface area contributed by atoms with Crippen LogP contribution in [0.15, 0.2) is 47.0 Å². The van der Waals surface area contributed by atoms with Crippen molar-refractivity contribution in [1.29, 1.82) is 0 Å². The van der Waals surface area contributed by atoms with Gasteiger partial charge in [0.25, 0.3) is 0 Å². The van der Waals surface area contributed by atoms with Crippen molar-refractivity contribution in [2.24, 2.45) is 0 Å². The summed E-state index contributed by atoms with van der Waals surface area (Å²) in [6.45, 7) is 1.73. The summed E-state index contributed by atoms with van der Waals surface area (Å²) in [5, 5.41) is 6.68. The van der Waals surface area contributed by atoms with Gasteiger partial charge in [-0.1, -0.05) is 5.16 Å². The normalized spacial score (nSPS) is 10.6. The number of ether oxygens (including phenoxy) is 1. The predicted molar refractivity (Wildman–Crippen MR) is 94.4 cm³/mol. The molecule has 0 aliphatic rings. The van der Waals surface area contributed by atoms with Crippen LogP contribution in [-0.2, 0) is 11.2 Å². The number of benzene rings is 2. The maximum absolute atomic E-state index is 13.1. The van der Waals surface area contributed by atoms with Crippen molar-refractivity contribution in [3.8, 4) is 17.1 Å². The molecule has 26 heavy (non-hydrogen) atoms. The van der Waals surface area contributed by atoms with E-state index in [1.165, 1.54) is 18.2 Å². The zero-order chi connectivity index (χ0) is 18.5. The zero-order valence-corrected chi connectivity index (χ0v) is 14.5. The number of aryl methyl sites for hydroxylation is 2. The Hall–Kier alpha value is -3.22. The highest BCUT2D eigenvalue weighted by Gasteiger charge is 2.12. The smallest absolute Gasteiger partial charge is 0.227 e. The second kappa shape index (κ2) is 7.77. The summed E-state index contributed by atoms with van der Waals surface area (Å²) < 4.78 is 23.4. The SMILES string of the molecule is COc1ccc(-c2noc(CCC(=O)Nc3ccc(F)cc3C)n2)cc1. The van der Waals surface area contributed by atoms with Crippen LogP contribution in [0.2, 0.25) is 0 Å². The van der Waals surface area contributed by atoms with Gasteiger partial charge in [-0.05, 0) is 55.0 Å². The van der Waals surface area contributed by atoms with Crippen molar-refractivity contribution in [2.75, 3.05) is 12.4 Å². The molecule has 1 amide bonds. The highest BCUT2D eigenvalue weighted by atomic mass is 19.1. The molecule has 1 aromatic heterocycles. The number of hydrogen-bond donors (Lipinski definition) is 1. The summed E-state index contributed by atoms with van der Waals surface area (Å²) in [6.07, 6.45) is 0.496. The van der Waals surface area contributed by atoms with Crippen LogP contribution in [0.3, 0.4) is 0 Å². The zero-order valence-electron chi connectivity index (χ0n) is 14.5. The van der Waals surface area contributed by atoms with Gasteiger partial charge in [0.2, 0.25) is 17.6 Å². The van der Waals surface area contributed by atoms with Gasteiger partial charge >= 0.3 is 0 Å². The van der Waals surface area contributed by atoms with E-state index in [-0.39, 0.29) is 18.1 Å². The van der Waals surface area contributed by atoms with Crippen LogP contribution in [-0.4, -0.2) is 23.2 Å². The van der Waals surface area contributed by atoms with E-state index < -0.39 is 0 Å². The Morgan fingerprint density at radius 1 is 1.23 bits per heavy atom. The van der Waals surface area contributed by atoms with E-state index in [0.717, 1.165) is 11.3 Å². The molecule has 7 heteroatoms. The number of amides is 1. The largest absolute Gasteiger partial charge is 0.497 e. The van der Waals surface area contributed by atoms with E-state index in [2.05, 4.69) is 15.5 Å². The highest BCUT2D eigenvalue weighted by molar-refractivity contribution is 5.91. The van der Waals surface area contributed by atoms with Gasteiger partial charge in [0.1, 0.15) is 11.6 Å². The Kier molecular flexibility index (Phi) is 5.26. The number of carbonyl (C=O) groups excluding carboxylic acids is 1. The van der Waals surface area contributed by atoms with Gasteiger partial charge in [0.15, 0.2) is 0 Å². The molecule has 0 aliphatic carbocycles. The van der Waals surface area contributed by atoms with Crippen molar-refractivity contribution in [3.63, 3.8) is 0 Å². The van der Waals surface area contributed by atoms with Gasteiger partial charge in [0.05, 0.1) is 7.11 Å². The van der Waals surface area contributed by atoms with Crippen molar-refractivity contribution >= 4 is 11.6 Å². The summed E-state index contributed by atoms with van der Waals surface area (Å²) in [4.78, 5) is 16.4. The molecule has 0 saturated carbocycles. The number of aromatic nitrogens is 2. The number of nitrogens with zero attached hydrogens (tertiary/aromatic N) is 2. The molecule has 6 nitrogen and oxygen atoms in total. The first kappa shape index (κ1) is 17.6. The van der Waals surface area contributed by atoms with E-state index in [1.807, 2.05) is 24.3 Å². The molecule has 0 spiro atoms. The van der Waals surface area contributed by atoms with Crippen LogP contribution in [0.25, 0.3) is 11.4 Å². The van der Waals surface area contributed by atoms with Crippen LogP contribution in [0.4, 0.5) is 10.1 Å². The minimum atomic E-state index is -0.336. The van der Waals surface area contributed by atoms with Crippen LogP contribution >= 0.6 is 0 Å². The van der Waals surface area contributed by atoms with E-state index in [9.17, 15) is 9.18 Å². The molecule has 0 unspecified atom stereocenters. The molecule has 0 bridgehead atoms. The number of nitrogens with one attached hydrogen (secondary N) is 1. The minimum Gasteiger partial charge on any atom is -0.497 e. The predicted octanol–water partition coefficient (Wildman–Crippen LogP) is 3.76. The number of hydrogen-bond acceptors (Lipinski definition) is 5. The monoisotopic (exact) mass is 355 g/mol. The summed E-state index contributed by atoms with van der Waals surface area (Å²) in [5.41, 5.74) is 2.05. The maximum atomic E-state index is 13.1. The number of carbonyl (C=O) groups is 1. The van der Waals surface area contributed by atoms with Crippen LogP contribution < -0.4 is 10.1 Å². The summed E-state index contributed by atoms with van der Waals surface area (Å²) in [7, 11) is 1.60. The average Bonchev–Trinajstić information content (AvgIpc) is 3.11. The lowest BCUT2D eigenvalue weighted by molar-refractivity contribution is -0.116. The number of halogens is 1. The Balaban J connectivity index is 1.58. The Morgan fingerprint density at radius 2 is 2.00 bits per heavy atom. The van der Waals surface area contributed by atoms with Gasteiger partial charge in [-0.2, -0.15) is 4.98 Å². The van der Waals surface area contributed by atoms with Gasteiger partial charge in [0, 0.05) is 24.1 Å². The number of methoxy groups -OCH3 is 1. The summed E-state index contributed by atoms with van der Waals surface area (Å²) in [5.74, 6) is 1.03. The molecular weight excluding hydrogens is 337 g/mol. The molecule has 1 N–H and O–H groups in total. The van der Waals surface area contributed by atoms with Gasteiger partial charge in [-0.25, -0.2) is 4.39 Å². The molecule has 0 saturated heterocycles. The number of rotatable bonds is 6. The van der Waals surface area contributed by atoms with Crippen molar-refractivity contribution < 1.29 is 18.4 Å². The molecule has 0 aliphatic heterocycles. The maximum Gasteiger partial charge on any atom is 0.227 e. The first-order chi connectivity index (χ1) is 12.5. The molecule has 134 valence electrons. The topological polar surface area (TPSA) is 77.2 Å². The molecule has 2 aromatic carbocycles. The molecular formula is C19H18FN3O3. The Labute approximate surface area is 150 Å². The lowest BCUT2D eigenvalue weighted by atomic mass is 10.2. The van der Waals surface area contributed by atoms with E-state index >= 15 is 0 Å². The fourth-order valence-corrected chi connectivity index (χ4v) is 2.41. The van der Waals surface area contributed by atoms with E-state index in [4.69, 9.17) is 9.26 Å². The molecule has 3 rings (SSSR count). The van der Waals surface area contributed by atoms with Gasteiger partial charge in [-0.3, -0.25) is 4.79 Å². The molecule has 0 fully saturated rings. The Morgan fingerprint density at radius 3 is 2.69 bits per heavy atom. The van der Waals surface area contributed by atoms with Crippen LogP contribution in [0.1, 0.15) is 17.9 Å². The molecule has 0 radical (unpaired) electrons. The molecule has 3 aromatic rings. The van der Waals surface area contributed by atoms with Crippen molar-refractivity contribution in [3.05, 3.63) is 59.7 Å². The number of anilines is 1. The molecule has 0 atom stereocenters. The Bertz CT molecular complexity index is 907. The van der Waals surface area contributed by atoms with Crippen LogP contribution in [0, 0.1) is 12.7 Å².